The van der Waals surface area contributed by atoms with Crippen molar-refractivity contribution in [2.45, 2.75) is 45.2 Å². The Bertz CT molecular complexity index is 513. The summed E-state index contributed by atoms with van der Waals surface area (Å²) in [6.45, 7) is 7.47. The van der Waals surface area contributed by atoms with E-state index in [0.717, 1.165) is 25.9 Å². The van der Waals surface area contributed by atoms with Crippen LogP contribution in [0.25, 0.3) is 0 Å². The van der Waals surface area contributed by atoms with Crippen LogP contribution in [0.3, 0.4) is 0 Å². The minimum atomic E-state index is -0.142. The normalized spacial score (nSPS) is 12.2. The second-order valence-electron chi connectivity index (χ2n) is 4.69. The Kier molecular flexibility index (Phi) is 8.90. The van der Waals surface area contributed by atoms with Crippen LogP contribution in [0.15, 0.2) is 21.5 Å². The molecule has 0 N–H and O–H groups in total. The maximum atomic E-state index is 12.4. The largest absolute Gasteiger partial charge is 0.346 e. The van der Waals surface area contributed by atoms with Crippen LogP contribution in [0, 0.1) is 0 Å². The topological polar surface area (TPSA) is 51.0 Å². The number of rotatable bonds is 8. The Morgan fingerprint density at radius 2 is 1.86 bits per heavy atom. The van der Waals surface area contributed by atoms with Gasteiger partial charge < -0.3 is 4.90 Å². The van der Waals surface area contributed by atoms with Gasteiger partial charge in [0.25, 0.3) is 0 Å². The number of halogens is 2. The first-order valence-corrected chi connectivity index (χ1v) is 9.14. The first kappa shape index (κ1) is 19.3. The number of carbonyl (C=O) groups excluding carboxylic acids is 1. The number of nitrogens with zero attached hydrogens (tertiary/aromatic N) is 4. The summed E-state index contributed by atoms with van der Waals surface area (Å²) in [7, 11) is 0. The maximum absolute atomic E-state index is 12.4. The Labute approximate surface area is 146 Å². The number of thioether (sulfide) groups is 1. The Morgan fingerprint density at radius 3 is 2.41 bits per heavy atom. The van der Waals surface area contributed by atoms with E-state index in [1.807, 2.05) is 20.8 Å². The zero-order chi connectivity index (χ0) is 16.5. The van der Waals surface area contributed by atoms with E-state index in [4.69, 9.17) is 23.2 Å². The third-order valence-electron chi connectivity index (χ3n) is 2.86. The average Bonchev–Trinajstić information content (AvgIpc) is 2.99. The third-order valence-corrected chi connectivity index (χ3v) is 4.85. The van der Waals surface area contributed by atoms with Gasteiger partial charge in [0.05, 0.1) is 0 Å². The van der Waals surface area contributed by atoms with Crippen LogP contribution in [0.4, 0.5) is 4.79 Å². The predicted molar refractivity (Wildman–Crippen MR) is 92.7 cm³/mol. The smallest absolute Gasteiger partial charge is 0.323 e. The minimum Gasteiger partial charge on any atom is -0.323 e. The monoisotopic (exact) mass is 364 g/mol. The molecule has 0 fully saturated rings. The molecule has 0 bridgehead atoms. The molecule has 0 saturated heterocycles. The first-order chi connectivity index (χ1) is 10.5. The molecular weight excluding hydrogens is 343 g/mol. The predicted octanol–water partition coefficient (Wildman–Crippen LogP) is 4.56. The zero-order valence-corrected chi connectivity index (χ0v) is 15.5. The molecule has 5 nitrogen and oxygen atoms in total. The zero-order valence-electron chi connectivity index (χ0n) is 13.2. The van der Waals surface area contributed by atoms with E-state index in [1.54, 1.807) is 4.90 Å². The lowest BCUT2D eigenvalue weighted by Crippen LogP contribution is -2.36. The summed E-state index contributed by atoms with van der Waals surface area (Å²) in [5, 5.41) is 5.95. The van der Waals surface area contributed by atoms with Crippen molar-refractivity contribution in [3.8, 4) is 0 Å². The summed E-state index contributed by atoms with van der Waals surface area (Å²) in [5.41, 5.74) is 0. The molecule has 0 aliphatic rings. The summed E-state index contributed by atoms with van der Waals surface area (Å²) in [5.74, 6) is 0.500. The van der Waals surface area contributed by atoms with Crippen molar-refractivity contribution in [2.75, 3.05) is 18.8 Å². The van der Waals surface area contributed by atoms with E-state index < -0.39 is 0 Å². The molecule has 0 unspecified atom stereocenters. The highest BCUT2D eigenvalue weighted by Crippen LogP contribution is 2.24. The van der Waals surface area contributed by atoms with Crippen molar-refractivity contribution in [1.29, 1.82) is 0 Å². The van der Waals surface area contributed by atoms with Crippen molar-refractivity contribution >= 4 is 41.0 Å². The van der Waals surface area contributed by atoms with Crippen LogP contribution in [-0.4, -0.2) is 44.5 Å². The molecule has 1 aromatic heterocycles. The lowest BCUT2D eigenvalue weighted by Gasteiger charge is -2.20. The summed E-state index contributed by atoms with van der Waals surface area (Å²) in [6, 6.07) is -0.142. The molecule has 22 heavy (non-hydrogen) atoms. The van der Waals surface area contributed by atoms with Gasteiger partial charge >= 0.3 is 6.03 Å². The number of carbonyl (C=O) groups is 1. The highest BCUT2D eigenvalue weighted by Gasteiger charge is 2.16. The van der Waals surface area contributed by atoms with Gasteiger partial charge in [-0.15, -0.1) is 5.10 Å². The number of aromatic nitrogens is 3. The fourth-order valence-corrected chi connectivity index (χ4v) is 2.93. The van der Waals surface area contributed by atoms with Crippen LogP contribution in [0.2, 0.25) is 0 Å². The third kappa shape index (κ3) is 5.82. The van der Waals surface area contributed by atoms with Crippen LogP contribution >= 0.6 is 35.0 Å². The van der Waals surface area contributed by atoms with Gasteiger partial charge in [-0.3, -0.25) is 0 Å². The molecule has 0 radical (unpaired) electrons. The molecule has 0 aliphatic carbocycles. The molecule has 0 aromatic carbocycles. The number of hydrogen-bond acceptors (Lipinski definition) is 4. The highest BCUT2D eigenvalue weighted by atomic mass is 35.5. The minimum absolute atomic E-state index is 0.142. The molecule has 0 atom stereocenters. The van der Waals surface area contributed by atoms with Gasteiger partial charge in [0.15, 0.2) is 0 Å². The Morgan fingerprint density at radius 1 is 1.23 bits per heavy atom. The lowest BCUT2D eigenvalue weighted by atomic mass is 10.4. The summed E-state index contributed by atoms with van der Waals surface area (Å²) >= 11 is 13.4. The molecule has 1 heterocycles. The number of allylic oxidation sites excluding steroid dienone is 1. The first-order valence-electron chi connectivity index (χ1n) is 7.40. The van der Waals surface area contributed by atoms with Crippen molar-refractivity contribution in [3.05, 3.63) is 16.4 Å². The second kappa shape index (κ2) is 10.1. The standard InChI is InChI=1S/C14H22Cl2N4OS/c1-4-7-19(8-5-2)14(21)20-10-17-13(18-20)22-9-12(16)11(15)6-3/h10H,4-9H2,1-3H3/b12-11+. The summed E-state index contributed by atoms with van der Waals surface area (Å²) < 4.78 is 1.28. The summed E-state index contributed by atoms with van der Waals surface area (Å²) in [6.07, 6.45) is 3.97. The van der Waals surface area contributed by atoms with Gasteiger partial charge in [-0.1, -0.05) is 55.7 Å². The van der Waals surface area contributed by atoms with Crippen LogP contribution in [0.5, 0.6) is 0 Å². The van der Waals surface area contributed by atoms with Crippen LogP contribution in [-0.2, 0) is 0 Å². The van der Waals surface area contributed by atoms with Gasteiger partial charge in [0.1, 0.15) is 6.33 Å². The van der Waals surface area contributed by atoms with Crippen molar-refractivity contribution in [1.82, 2.24) is 19.7 Å². The molecule has 0 spiro atoms. The molecule has 1 aromatic rings. The van der Waals surface area contributed by atoms with Gasteiger partial charge in [0.2, 0.25) is 5.16 Å². The molecule has 124 valence electrons. The van der Waals surface area contributed by atoms with E-state index in [0.29, 0.717) is 27.4 Å². The van der Waals surface area contributed by atoms with Crippen molar-refractivity contribution in [2.24, 2.45) is 0 Å². The summed E-state index contributed by atoms with van der Waals surface area (Å²) in [4.78, 5) is 18.3. The van der Waals surface area contributed by atoms with E-state index >= 15 is 0 Å². The quantitative estimate of drug-likeness (QED) is 0.634. The van der Waals surface area contributed by atoms with Gasteiger partial charge in [-0.25, -0.2) is 9.78 Å². The fraction of sp³-hybridized carbons (Fsp3) is 0.643. The molecule has 1 amide bonds. The SMILES string of the molecule is CCCN(CCC)C(=O)n1cnc(SC/C(Cl)=C(\Cl)CC)n1. The van der Waals surface area contributed by atoms with Crippen LogP contribution < -0.4 is 0 Å². The molecule has 1 rings (SSSR count). The molecule has 0 saturated carbocycles. The van der Waals surface area contributed by atoms with Crippen molar-refractivity contribution < 1.29 is 4.79 Å². The maximum Gasteiger partial charge on any atom is 0.346 e. The van der Waals surface area contributed by atoms with Crippen molar-refractivity contribution in [3.63, 3.8) is 0 Å². The van der Waals surface area contributed by atoms with E-state index in [-0.39, 0.29) is 6.03 Å². The van der Waals surface area contributed by atoms with E-state index in [9.17, 15) is 4.79 Å². The Balaban J connectivity index is 2.68. The fourth-order valence-electron chi connectivity index (χ4n) is 1.79. The molecule has 0 aliphatic heterocycles. The van der Waals surface area contributed by atoms with Gasteiger partial charge in [-0.05, 0) is 19.3 Å². The van der Waals surface area contributed by atoms with Crippen LogP contribution in [0.1, 0.15) is 40.0 Å². The molecule has 8 heteroatoms. The van der Waals surface area contributed by atoms with Gasteiger partial charge in [-0.2, -0.15) is 4.68 Å². The van der Waals surface area contributed by atoms with E-state index in [1.165, 1.54) is 22.8 Å². The molecular formula is C14H22Cl2N4OS. The highest BCUT2D eigenvalue weighted by molar-refractivity contribution is 7.99. The Hall–Kier alpha value is -0.720. The number of hydrogen-bond donors (Lipinski definition) is 0. The second-order valence-corrected chi connectivity index (χ2v) is 6.55. The van der Waals surface area contributed by atoms with Gasteiger partial charge in [0, 0.05) is 28.9 Å². The average molecular weight is 365 g/mol. The van der Waals surface area contributed by atoms with E-state index in [2.05, 4.69) is 10.1 Å². The lowest BCUT2D eigenvalue weighted by molar-refractivity contribution is 0.196. The number of amides is 1.